The summed E-state index contributed by atoms with van der Waals surface area (Å²) in [5, 5.41) is 9.35. The first-order valence-electron chi connectivity index (χ1n) is 7.37. The zero-order valence-electron chi connectivity index (χ0n) is 12.1. The molecule has 19 heavy (non-hydrogen) atoms. The molecule has 0 unspecified atom stereocenters. The zero-order valence-corrected chi connectivity index (χ0v) is 12.1. The number of hydrogen-bond acceptors (Lipinski definition) is 3. The molecule has 0 aliphatic heterocycles. The fourth-order valence-corrected chi connectivity index (χ4v) is 1.93. The molecular weight excluding hydrogens is 244 g/mol. The Morgan fingerprint density at radius 3 is 2.00 bits per heavy atom. The standard InChI is InChI=1S/C13H28N4O2/c1-2-3-4-5-6-7-8-9-10-11-12-15-13(14)16-17(18)19/h2-12H2,1H3,(H3,14,15,16). The minimum Gasteiger partial charge on any atom is -0.365 e. The second-order valence-electron chi connectivity index (χ2n) is 4.82. The van der Waals surface area contributed by atoms with Gasteiger partial charge in [-0.2, -0.15) is 0 Å². The molecule has 0 bridgehead atoms. The van der Waals surface area contributed by atoms with Gasteiger partial charge in [0.25, 0.3) is 5.96 Å². The average molecular weight is 272 g/mol. The summed E-state index contributed by atoms with van der Waals surface area (Å²) in [6, 6.07) is 0. The van der Waals surface area contributed by atoms with E-state index in [2.05, 4.69) is 11.9 Å². The van der Waals surface area contributed by atoms with Gasteiger partial charge >= 0.3 is 0 Å². The summed E-state index contributed by atoms with van der Waals surface area (Å²) >= 11 is 0. The lowest BCUT2D eigenvalue weighted by Crippen LogP contribution is -2.36. The Morgan fingerprint density at radius 1 is 1.05 bits per heavy atom. The normalized spacial score (nSPS) is 11.5. The second kappa shape index (κ2) is 13.1. The first-order chi connectivity index (χ1) is 9.16. The highest BCUT2D eigenvalue weighted by Gasteiger charge is 1.97. The molecule has 0 aliphatic rings. The number of guanidine groups is 1. The summed E-state index contributed by atoms with van der Waals surface area (Å²) in [7, 11) is 0. The van der Waals surface area contributed by atoms with Gasteiger partial charge in [-0.25, -0.2) is 15.1 Å². The SMILES string of the molecule is CCCCCCCCCCCCN=C(N)N[N+](=O)[O-]. The highest BCUT2D eigenvalue weighted by molar-refractivity contribution is 5.76. The Morgan fingerprint density at radius 2 is 1.53 bits per heavy atom. The number of nitro groups is 1. The first-order valence-corrected chi connectivity index (χ1v) is 7.37. The van der Waals surface area contributed by atoms with E-state index in [0.29, 0.717) is 6.54 Å². The summed E-state index contributed by atoms with van der Waals surface area (Å²) in [5.41, 5.74) is 7.12. The fourth-order valence-electron chi connectivity index (χ4n) is 1.93. The predicted octanol–water partition coefficient (Wildman–Crippen LogP) is 3.00. The molecule has 0 rings (SSSR count). The largest absolute Gasteiger partial charge is 0.365 e. The van der Waals surface area contributed by atoms with E-state index in [0.717, 1.165) is 12.8 Å². The van der Waals surface area contributed by atoms with Crippen molar-refractivity contribution in [3.05, 3.63) is 10.1 Å². The van der Waals surface area contributed by atoms with Gasteiger partial charge in [-0.15, -0.1) is 0 Å². The van der Waals surface area contributed by atoms with Gasteiger partial charge in [0.2, 0.25) is 0 Å². The van der Waals surface area contributed by atoms with Crippen molar-refractivity contribution in [2.45, 2.75) is 71.1 Å². The van der Waals surface area contributed by atoms with Gasteiger partial charge in [-0.1, -0.05) is 70.1 Å². The monoisotopic (exact) mass is 272 g/mol. The van der Waals surface area contributed by atoms with Gasteiger partial charge in [0.15, 0.2) is 5.03 Å². The number of nitrogens with zero attached hydrogens (tertiary/aromatic N) is 2. The molecule has 0 spiro atoms. The number of aliphatic imine (C=N–C) groups is 1. The molecule has 0 amide bonds. The maximum Gasteiger partial charge on any atom is 0.251 e. The molecule has 112 valence electrons. The Labute approximate surface area is 116 Å². The Balaban J connectivity index is 3.20. The van der Waals surface area contributed by atoms with E-state index in [-0.39, 0.29) is 5.96 Å². The molecule has 0 aliphatic carbocycles. The van der Waals surface area contributed by atoms with Gasteiger partial charge in [-0.05, 0) is 6.42 Å². The van der Waals surface area contributed by atoms with Crippen molar-refractivity contribution in [3.8, 4) is 0 Å². The van der Waals surface area contributed by atoms with Crippen molar-refractivity contribution < 1.29 is 5.03 Å². The van der Waals surface area contributed by atoms with Crippen LogP contribution in [0.4, 0.5) is 0 Å². The molecule has 0 fully saturated rings. The molecule has 3 N–H and O–H groups in total. The molecule has 0 saturated heterocycles. The number of nitrogens with two attached hydrogens (primary N) is 1. The number of rotatable bonds is 12. The molecule has 0 heterocycles. The third-order valence-electron chi connectivity index (χ3n) is 3.00. The van der Waals surface area contributed by atoms with Crippen LogP contribution >= 0.6 is 0 Å². The van der Waals surface area contributed by atoms with Crippen LogP contribution in [0, 0.1) is 10.1 Å². The van der Waals surface area contributed by atoms with E-state index in [4.69, 9.17) is 5.73 Å². The van der Waals surface area contributed by atoms with Crippen LogP contribution in [0.15, 0.2) is 4.99 Å². The third-order valence-corrected chi connectivity index (χ3v) is 3.00. The van der Waals surface area contributed by atoms with E-state index in [1.165, 1.54) is 51.4 Å². The van der Waals surface area contributed by atoms with Gasteiger partial charge in [-0.3, -0.25) is 0 Å². The molecule has 6 heteroatoms. The van der Waals surface area contributed by atoms with Gasteiger partial charge < -0.3 is 5.73 Å². The topological polar surface area (TPSA) is 93.5 Å². The third kappa shape index (κ3) is 14.6. The Bertz CT molecular complexity index is 257. The van der Waals surface area contributed by atoms with E-state index in [9.17, 15) is 10.1 Å². The van der Waals surface area contributed by atoms with Crippen molar-refractivity contribution in [3.63, 3.8) is 0 Å². The summed E-state index contributed by atoms with van der Waals surface area (Å²) in [6.07, 6.45) is 12.6. The lowest BCUT2D eigenvalue weighted by molar-refractivity contribution is -0.525. The van der Waals surface area contributed by atoms with Crippen molar-refractivity contribution in [1.82, 2.24) is 5.43 Å². The Hall–Kier alpha value is -1.33. The molecule has 0 aromatic heterocycles. The van der Waals surface area contributed by atoms with Crippen LogP contribution in [0.1, 0.15) is 71.1 Å². The minimum absolute atomic E-state index is 0.110. The van der Waals surface area contributed by atoms with Crippen molar-refractivity contribution in [1.29, 1.82) is 0 Å². The van der Waals surface area contributed by atoms with Crippen molar-refractivity contribution >= 4 is 5.96 Å². The van der Waals surface area contributed by atoms with Crippen LogP contribution in [0.5, 0.6) is 0 Å². The number of unbranched alkanes of at least 4 members (excludes halogenated alkanes) is 9. The summed E-state index contributed by atoms with van der Waals surface area (Å²) in [5.74, 6) is -0.110. The van der Waals surface area contributed by atoms with Gasteiger partial charge in [0.05, 0.1) is 0 Å². The minimum atomic E-state index is -0.697. The van der Waals surface area contributed by atoms with Crippen LogP contribution in [0.3, 0.4) is 0 Å². The zero-order chi connectivity index (χ0) is 14.3. The molecule has 0 radical (unpaired) electrons. The Kier molecular flexibility index (Phi) is 12.2. The quantitative estimate of drug-likeness (QED) is 0.188. The van der Waals surface area contributed by atoms with Crippen LogP contribution in [0.2, 0.25) is 0 Å². The highest BCUT2D eigenvalue weighted by atomic mass is 16.7. The van der Waals surface area contributed by atoms with Gasteiger partial charge in [0.1, 0.15) is 0 Å². The number of hydrogen-bond donors (Lipinski definition) is 2. The van der Waals surface area contributed by atoms with E-state index >= 15 is 0 Å². The maximum atomic E-state index is 10.0. The maximum absolute atomic E-state index is 10.0. The fraction of sp³-hybridized carbons (Fsp3) is 0.923. The lowest BCUT2D eigenvalue weighted by atomic mass is 10.1. The summed E-state index contributed by atoms with van der Waals surface area (Å²) < 4.78 is 0. The molecular formula is C13H28N4O2. The first kappa shape index (κ1) is 17.7. The van der Waals surface area contributed by atoms with Crippen molar-refractivity contribution in [2.24, 2.45) is 10.7 Å². The molecule has 0 aromatic carbocycles. The average Bonchev–Trinajstić information content (AvgIpc) is 2.35. The van der Waals surface area contributed by atoms with Crippen LogP contribution in [-0.4, -0.2) is 17.5 Å². The molecule has 0 saturated carbocycles. The molecule has 6 nitrogen and oxygen atoms in total. The number of nitrogens with one attached hydrogen (secondary N) is 1. The second-order valence-corrected chi connectivity index (χ2v) is 4.82. The lowest BCUT2D eigenvalue weighted by Gasteiger charge is -2.01. The van der Waals surface area contributed by atoms with Crippen LogP contribution in [0.25, 0.3) is 0 Å². The highest BCUT2D eigenvalue weighted by Crippen LogP contribution is 2.10. The smallest absolute Gasteiger partial charge is 0.251 e. The van der Waals surface area contributed by atoms with E-state index in [1.54, 1.807) is 0 Å². The van der Waals surface area contributed by atoms with E-state index in [1.807, 2.05) is 5.43 Å². The molecule has 0 aromatic rings. The van der Waals surface area contributed by atoms with Gasteiger partial charge in [0, 0.05) is 6.54 Å². The number of hydrazine groups is 1. The predicted molar refractivity (Wildman–Crippen MR) is 78.5 cm³/mol. The van der Waals surface area contributed by atoms with E-state index < -0.39 is 5.03 Å². The summed E-state index contributed by atoms with van der Waals surface area (Å²) in [6.45, 7) is 2.79. The van der Waals surface area contributed by atoms with Crippen LogP contribution < -0.4 is 11.2 Å². The van der Waals surface area contributed by atoms with Crippen LogP contribution in [-0.2, 0) is 0 Å². The molecule has 0 atom stereocenters. The van der Waals surface area contributed by atoms with Crippen molar-refractivity contribution in [2.75, 3.05) is 6.54 Å². The summed E-state index contributed by atoms with van der Waals surface area (Å²) in [4.78, 5) is 13.9.